The molecule has 2 aromatic carbocycles. The molecule has 0 spiro atoms. The number of hydrogen-bond donors (Lipinski definition) is 2. The lowest BCUT2D eigenvalue weighted by atomic mass is 10.3. The second kappa shape index (κ2) is 7.19. The first kappa shape index (κ1) is 15.5. The molecule has 0 saturated heterocycles. The maximum absolute atomic E-state index is 11.9. The van der Waals surface area contributed by atoms with Crippen molar-refractivity contribution in [2.45, 2.75) is 4.90 Å². The van der Waals surface area contributed by atoms with Crippen LogP contribution in [-0.4, -0.2) is 11.7 Å². The molecule has 20 heavy (non-hydrogen) atoms. The van der Waals surface area contributed by atoms with Gasteiger partial charge in [-0.2, -0.15) is 0 Å². The van der Waals surface area contributed by atoms with Gasteiger partial charge in [0.1, 0.15) is 0 Å². The van der Waals surface area contributed by atoms with E-state index in [9.17, 15) is 4.79 Å². The predicted molar refractivity (Wildman–Crippen MR) is 94.4 cm³/mol. The van der Waals surface area contributed by atoms with E-state index < -0.39 is 0 Å². The molecule has 3 nitrogen and oxygen atoms in total. The van der Waals surface area contributed by atoms with Gasteiger partial charge >= 0.3 is 0 Å². The van der Waals surface area contributed by atoms with E-state index in [1.807, 2.05) is 30.3 Å². The fourth-order valence-electron chi connectivity index (χ4n) is 1.56. The first-order valence-electron chi connectivity index (χ1n) is 5.78. The zero-order chi connectivity index (χ0) is 14.5. The van der Waals surface area contributed by atoms with Crippen LogP contribution in [0.3, 0.4) is 0 Å². The van der Waals surface area contributed by atoms with Crippen LogP contribution in [0.5, 0.6) is 0 Å². The number of nitrogen functional groups attached to an aromatic ring is 1. The summed E-state index contributed by atoms with van der Waals surface area (Å²) < 4.78 is 1.08. The molecule has 0 aromatic heterocycles. The molecule has 0 aliphatic carbocycles. The zero-order valence-corrected chi connectivity index (χ0v) is 14.1. The molecule has 0 fully saturated rings. The first-order chi connectivity index (χ1) is 9.54. The maximum Gasteiger partial charge on any atom is 0.234 e. The van der Waals surface area contributed by atoms with Crippen molar-refractivity contribution in [2.24, 2.45) is 0 Å². The van der Waals surface area contributed by atoms with Crippen LogP contribution in [0.2, 0.25) is 5.02 Å². The van der Waals surface area contributed by atoms with Crippen LogP contribution in [0, 0.1) is 3.57 Å². The third-order valence-electron chi connectivity index (χ3n) is 2.44. The Balaban J connectivity index is 1.92. The molecule has 1 amide bonds. The number of halogens is 2. The van der Waals surface area contributed by atoms with Gasteiger partial charge in [-0.3, -0.25) is 4.79 Å². The molecular weight excluding hydrogens is 407 g/mol. The lowest BCUT2D eigenvalue weighted by molar-refractivity contribution is -0.113. The van der Waals surface area contributed by atoms with Crippen LogP contribution >= 0.6 is 46.0 Å². The number of carbonyl (C=O) groups excluding carboxylic acids is 1. The largest absolute Gasteiger partial charge is 0.398 e. The summed E-state index contributed by atoms with van der Waals surface area (Å²) in [5.74, 6) is 0.239. The van der Waals surface area contributed by atoms with Gasteiger partial charge in [-0.25, -0.2) is 0 Å². The highest BCUT2D eigenvalue weighted by molar-refractivity contribution is 14.1. The fourth-order valence-corrected chi connectivity index (χ4v) is 3.03. The Morgan fingerprint density at radius 3 is 2.80 bits per heavy atom. The smallest absolute Gasteiger partial charge is 0.234 e. The van der Waals surface area contributed by atoms with Crippen molar-refractivity contribution in [3.8, 4) is 0 Å². The molecule has 0 heterocycles. The van der Waals surface area contributed by atoms with Gasteiger partial charge in [-0.1, -0.05) is 17.7 Å². The maximum atomic E-state index is 11.9. The number of benzene rings is 2. The van der Waals surface area contributed by atoms with Gasteiger partial charge in [0.15, 0.2) is 0 Å². The lowest BCUT2D eigenvalue weighted by Gasteiger charge is -2.07. The quantitative estimate of drug-likeness (QED) is 0.443. The summed E-state index contributed by atoms with van der Waals surface area (Å²) in [6.45, 7) is 0. The van der Waals surface area contributed by atoms with Crippen LogP contribution in [0.25, 0.3) is 0 Å². The van der Waals surface area contributed by atoms with Crippen molar-refractivity contribution in [2.75, 3.05) is 16.8 Å². The minimum atomic E-state index is -0.0636. The van der Waals surface area contributed by atoms with Crippen molar-refractivity contribution >= 4 is 63.2 Å². The molecule has 0 atom stereocenters. The lowest BCUT2D eigenvalue weighted by Crippen LogP contribution is -2.14. The number of thioether (sulfide) groups is 1. The minimum Gasteiger partial charge on any atom is -0.398 e. The Kier molecular flexibility index (Phi) is 5.56. The molecular formula is C14H12ClIN2OS. The van der Waals surface area contributed by atoms with Crippen LogP contribution in [0.15, 0.2) is 47.4 Å². The molecule has 0 aliphatic rings. The summed E-state index contributed by atoms with van der Waals surface area (Å²) in [6, 6.07) is 12.9. The second-order valence-corrected chi connectivity index (χ2v) is 6.73. The van der Waals surface area contributed by atoms with E-state index in [0.717, 1.165) is 14.2 Å². The van der Waals surface area contributed by atoms with Crippen molar-refractivity contribution in [1.29, 1.82) is 0 Å². The monoisotopic (exact) mass is 418 g/mol. The van der Waals surface area contributed by atoms with Crippen molar-refractivity contribution in [3.63, 3.8) is 0 Å². The molecule has 2 aromatic rings. The summed E-state index contributed by atoms with van der Waals surface area (Å²) in [5, 5.41) is 3.45. The third-order valence-corrected chi connectivity index (χ3v) is 4.43. The Morgan fingerprint density at radius 1 is 1.30 bits per heavy atom. The third kappa shape index (κ3) is 4.57. The summed E-state index contributed by atoms with van der Waals surface area (Å²) in [6.07, 6.45) is 0. The van der Waals surface area contributed by atoms with Gasteiger partial charge in [0.05, 0.1) is 5.75 Å². The summed E-state index contributed by atoms with van der Waals surface area (Å²) >= 11 is 9.43. The summed E-state index contributed by atoms with van der Waals surface area (Å²) in [4.78, 5) is 12.7. The topological polar surface area (TPSA) is 55.1 Å². The standard InChI is InChI=1S/C14H12ClIN2OS/c15-9-4-5-13(12(17)6-9)20-8-14(19)18-11-3-1-2-10(16)7-11/h1-7H,8,17H2,(H,18,19). The Labute approximate surface area is 140 Å². The van der Waals surface area contributed by atoms with Gasteiger partial charge in [0.25, 0.3) is 0 Å². The van der Waals surface area contributed by atoms with Crippen LogP contribution in [-0.2, 0) is 4.79 Å². The van der Waals surface area contributed by atoms with E-state index in [1.165, 1.54) is 11.8 Å². The SMILES string of the molecule is Nc1cc(Cl)ccc1SCC(=O)Nc1cccc(I)c1. The molecule has 2 rings (SSSR count). The van der Waals surface area contributed by atoms with E-state index in [2.05, 4.69) is 27.9 Å². The highest BCUT2D eigenvalue weighted by Gasteiger charge is 2.06. The predicted octanol–water partition coefficient (Wildman–Crippen LogP) is 4.26. The van der Waals surface area contributed by atoms with Crippen molar-refractivity contribution in [1.82, 2.24) is 0 Å². The molecule has 0 radical (unpaired) electrons. The number of carbonyl (C=O) groups is 1. The highest BCUT2D eigenvalue weighted by Crippen LogP contribution is 2.27. The summed E-state index contributed by atoms with van der Waals surface area (Å²) in [5.41, 5.74) is 7.23. The molecule has 0 bridgehead atoms. The number of anilines is 2. The summed E-state index contributed by atoms with van der Waals surface area (Å²) in [7, 11) is 0. The van der Waals surface area contributed by atoms with Gasteiger partial charge in [-0.05, 0) is 59.0 Å². The molecule has 3 N–H and O–H groups in total. The van der Waals surface area contributed by atoms with E-state index >= 15 is 0 Å². The average molecular weight is 419 g/mol. The number of nitrogens with two attached hydrogens (primary N) is 1. The Morgan fingerprint density at radius 2 is 2.10 bits per heavy atom. The fraction of sp³-hybridized carbons (Fsp3) is 0.0714. The van der Waals surface area contributed by atoms with E-state index in [1.54, 1.807) is 12.1 Å². The minimum absolute atomic E-state index is 0.0636. The van der Waals surface area contributed by atoms with Crippen LogP contribution < -0.4 is 11.1 Å². The molecule has 0 aliphatic heterocycles. The van der Waals surface area contributed by atoms with Gasteiger partial charge < -0.3 is 11.1 Å². The molecule has 104 valence electrons. The zero-order valence-electron chi connectivity index (χ0n) is 10.4. The highest BCUT2D eigenvalue weighted by atomic mass is 127. The number of amides is 1. The molecule has 0 saturated carbocycles. The van der Waals surface area contributed by atoms with Crippen molar-refractivity contribution < 1.29 is 4.79 Å². The average Bonchev–Trinajstić information content (AvgIpc) is 2.37. The Hall–Kier alpha value is -0.920. The molecule has 6 heteroatoms. The first-order valence-corrected chi connectivity index (χ1v) is 8.22. The number of nitrogens with one attached hydrogen (secondary N) is 1. The van der Waals surface area contributed by atoms with Gasteiger partial charge in [0.2, 0.25) is 5.91 Å². The van der Waals surface area contributed by atoms with Crippen LogP contribution in [0.4, 0.5) is 11.4 Å². The van der Waals surface area contributed by atoms with E-state index in [0.29, 0.717) is 16.5 Å². The second-order valence-electron chi connectivity index (χ2n) is 4.03. The normalized spacial score (nSPS) is 10.3. The molecule has 0 unspecified atom stereocenters. The van der Waals surface area contributed by atoms with Gasteiger partial charge in [-0.15, -0.1) is 11.8 Å². The van der Waals surface area contributed by atoms with E-state index in [4.69, 9.17) is 17.3 Å². The van der Waals surface area contributed by atoms with E-state index in [-0.39, 0.29) is 5.91 Å². The van der Waals surface area contributed by atoms with Crippen LogP contribution in [0.1, 0.15) is 0 Å². The number of hydrogen-bond acceptors (Lipinski definition) is 3. The van der Waals surface area contributed by atoms with Crippen molar-refractivity contribution in [3.05, 3.63) is 51.1 Å². The van der Waals surface area contributed by atoms with Gasteiger partial charge in [0, 0.05) is 24.9 Å². The number of rotatable bonds is 4. The Bertz CT molecular complexity index is 636.